The van der Waals surface area contributed by atoms with Crippen molar-refractivity contribution in [1.82, 2.24) is 0 Å². The molecular formula is C30H22F6N2O10S2. The van der Waals surface area contributed by atoms with Crippen molar-refractivity contribution < 1.29 is 72.1 Å². The number of alkyl halides is 6. The Morgan fingerprint density at radius 2 is 1.10 bits per heavy atom. The van der Waals surface area contributed by atoms with E-state index in [2.05, 4.69) is 0 Å². The Bertz CT molecular complexity index is 2150. The number of carbonyl (C=O) groups excluding carboxylic acids is 1. The maximum atomic E-state index is 13.8. The van der Waals surface area contributed by atoms with Crippen LogP contribution in [-0.4, -0.2) is 48.1 Å². The summed E-state index contributed by atoms with van der Waals surface area (Å²) in [7, 11) is -7.65. The van der Waals surface area contributed by atoms with Crippen LogP contribution >= 0.6 is 0 Å². The SMILES string of the molecule is COc1ccc(NS(=O)(=O)c2ccc(C(F)(F)F)cc2C(=O)Oc2cc(C(F)(F)F)cc(C(=O)O)c2S(=O)(=O)Nc2ccc(OC)cc2)cc1. The molecule has 3 N–H and O–H groups in total. The van der Waals surface area contributed by atoms with Crippen LogP contribution in [0.4, 0.5) is 37.7 Å². The molecule has 0 fully saturated rings. The zero-order valence-electron chi connectivity index (χ0n) is 25.2. The van der Waals surface area contributed by atoms with Gasteiger partial charge in [0.15, 0.2) is 5.75 Å². The number of carboxylic acids is 1. The van der Waals surface area contributed by atoms with E-state index in [1.165, 1.54) is 50.6 Å². The predicted molar refractivity (Wildman–Crippen MR) is 162 cm³/mol. The fraction of sp³-hybridized carbons (Fsp3) is 0.133. The second kappa shape index (κ2) is 13.8. The average Bonchev–Trinajstić information content (AvgIpc) is 3.03. The molecule has 0 aliphatic rings. The number of aromatic carboxylic acids is 1. The number of carbonyl (C=O) groups is 2. The van der Waals surface area contributed by atoms with Gasteiger partial charge in [-0.2, -0.15) is 26.3 Å². The highest BCUT2D eigenvalue weighted by Gasteiger charge is 2.39. The Kier molecular flexibility index (Phi) is 10.3. The van der Waals surface area contributed by atoms with Gasteiger partial charge in [0, 0.05) is 11.4 Å². The molecule has 0 unspecified atom stereocenters. The molecule has 0 aliphatic carbocycles. The van der Waals surface area contributed by atoms with Crippen molar-refractivity contribution >= 4 is 43.4 Å². The molecule has 0 saturated heterocycles. The van der Waals surface area contributed by atoms with Gasteiger partial charge in [-0.05, 0) is 78.9 Å². The molecule has 0 bridgehead atoms. The summed E-state index contributed by atoms with van der Waals surface area (Å²) in [6, 6.07) is 10.3. The lowest BCUT2D eigenvalue weighted by atomic mass is 10.1. The maximum Gasteiger partial charge on any atom is 0.416 e. The number of benzene rings is 4. The van der Waals surface area contributed by atoms with Gasteiger partial charge < -0.3 is 19.3 Å². The molecular weight excluding hydrogens is 726 g/mol. The average molecular weight is 749 g/mol. The van der Waals surface area contributed by atoms with Crippen molar-refractivity contribution in [2.45, 2.75) is 22.1 Å². The number of hydrogen-bond donors (Lipinski definition) is 3. The van der Waals surface area contributed by atoms with Crippen molar-refractivity contribution in [3.05, 3.63) is 101 Å². The van der Waals surface area contributed by atoms with Crippen molar-refractivity contribution in [3.8, 4) is 17.2 Å². The van der Waals surface area contributed by atoms with Crippen molar-refractivity contribution in [2.24, 2.45) is 0 Å². The number of methoxy groups -OCH3 is 2. The lowest BCUT2D eigenvalue weighted by Gasteiger charge is -2.19. The van der Waals surface area contributed by atoms with E-state index in [0.717, 1.165) is 12.1 Å². The fourth-order valence-electron chi connectivity index (χ4n) is 4.27. The number of halogens is 6. The van der Waals surface area contributed by atoms with Gasteiger partial charge in [-0.15, -0.1) is 0 Å². The van der Waals surface area contributed by atoms with Crippen LogP contribution in [0.25, 0.3) is 0 Å². The Labute approximate surface area is 279 Å². The second-order valence-corrected chi connectivity index (χ2v) is 13.2. The highest BCUT2D eigenvalue weighted by molar-refractivity contribution is 7.93. The van der Waals surface area contributed by atoms with E-state index in [-0.39, 0.29) is 35.3 Å². The summed E-state index contributed by atoms with van der Waals surface area (Å²) >= 11 is 0. The van der Waals surface area contributed by atoms with Crippen molar-refractivity contribution in [1.29, 1.82) is 0 Å². The molecule has 12 nitrogen and oxygen atoms in total. The molecule has 0 radical (unpaired) electrons. The van der Waals surface area contributed by atoms with Crippen LogP contribution < -0.4 is 23.7 Å². The van der Waals surface area contributed by atoms with E-state index < -0.39 is 82.1 Å². The van der Waals surface area contributed by atoms with Gasteiger partial charge >= 0.3 is 24.3 Å². The highest BCUT2D eigenvalue weighted by atomic mass is 32.2. The Morgan fingerprint density at radius 3 is 1.54 bits per heavy atom. The summed E-state index contributed by atoms with van der Waals surface area (Å²) in [5.41, 5.74) is -6.82. The minimum absolute atomic E-state index is 0.0143. The molecule has 0 amide bonds. The van der Waals surface area contributed by atoms with Crippen molar-refractivity contribution in [2.75, 3.05) is 23.7 Å². The van der Waals surface area contributed by atoms with Crippen LogP contribution in [0.15, 0.2) is 88.7 Å². The van der Waals surface area contributed by atoms with E-state index in [1.807, 2.05) is 9.44 Å². The minimum Gasteiger partial charge on any atom is -0.497 e. The van der Waals surface area contributed by atoms with E-state index in [9.17, 15) is 57.9 Å². The summed E-state index contributed by atoms with van der Waals surface area (Å²) in [5, 5.41) is 9.74. The number of rotatable bonds is 11. The largest absolute Gasteiger partial charge is 0.497 e. The first-order valence-electron chi connectivity index (χ1n) is 13.4. The molecule has 20 heteroatoms. The molecule has 0 atom stereocenters. The van der Waals surface area contributed by atoms with Crippen LogP contribution in [0.3, 0.4) is 0 Å². The molecule has 266 valence electrons. The standard InChI is InChI=1S/C30H22F6N2O10S2/c1-46-20-8-4-18(5-9-20)37-49(42,43)25-12-3-16(29(31,32)33)13-22(25)28(41)48-24-15-17(30(34,35)36)14-23(27(39)40)26(24)50(44,45)38-19-6-10-21(47-2)11-7-19/h3-15,37-38H,1-2H3,(H,39,40). The third-order valence-corrected chi connectivity index (χ3v) is 9.49. The van der Waals surface area contributed by atoms with E-state index in [1.54, 1.807) is 0 Å². The van der Waals surface area contributed by atoms with Crippen molar-refractivity contribution in [3.63, 3.8) is 0 Å². The Hall–Kier alpha value is -5.50. The first-order chi connectivity index (χ1) is 23.2. The minimum atomic E-state index is -5.37. The van der Waals surface area contributed by atoms with Gasteiger partial charge in [-0.1, -0.05) is 0 Å². The lowest BCUT2D eigenvalue weighted by Crippen LogP contribution is -2.23. The Balaban J connectivity index is 1.90. The van der Waals surface area contributed by atoms with Crippen LogP contribution in [0.5, 0.6) is 17.2 Å². The number of sulfonamides is 2. The number of nitrogens with one attached hydrogen (secondary N) is 2. The Morgan fingerprint density at radius 1 is 0.640 bits per heavy atom. The predicted octanol–water partition coefficient (Wildman–Crippen LogP) is 6.26. The zero-order chi connectivity index (χ0) is 37.2. The first-order valence-corrected chi connectivity index (χ1v) is 16.4. The number of hydrogen-bond acceptors (Lipinski definition) is 9. The van der Waals surface area contributed by atoms with Gasteiger partial charge in [-0.25, -0.2) is 26.4 Å². The molecule has 4 aromatic rings. The number of carboxylic acid groups (broad SMARTS) is 1. The normalized spacial score (nSPS) is 12.2. The molecule has 4 rings (SSSR count). The third kappa shape index (κ3) is 8.37. The summed E-state index contributed by atoms with van der Waals surface area (Å²) < 4.78 is 155. The summed E-state index contributed by atoms with van der Waals surface area (Å²) in [6.45, 7) is 0. The van der Waals surface area contributed by atoms with Crippen LogP contribution in [0.1, 0.15) is 31.8 Å². The quantitative estimate of drug-likeness (QED) is 0.0903. The van der Waals surface area contributed by atoms with Crippen LogP contribution in [-0.2, 0) is 32.4 Å². The fourth-order valence-corrected chi connectivity index (χ4v) is 6.85. The van der Waals surface area contributed by atoms with Gasteiger partial charge in [0.25, 0.3) is 20.0 Å². The number of ether oxygens (including phenoxy) is 3. The van der Waals surface area contributed by atoms with Crippen LogP contribution in [0.2, 0.25) is 0 Å². The van der Waals surface area contributed by atoms with Crippen LogP contribution in [0, 0.1) is 0 Å². The molecule has 0 saturated carbocycles. The molecule has 0 aromatic heterocycles. The van der Waals surface area contributed by atoms with Gasteiger partial charge in [0.2, 0.25) is 0 Å². The molecule has 4 aromatic carbocycles. The smallest absolute Gasteiger partial charge is 0.416 e. The van der Waals surface area contributed by atoms with E-state index >= 15 is 0 Å². The van der Waals surface area contributed by atoms with E-state index in [4.69, 9.17) is 14.2 Å². The summed E-state index contributed by atoms with van der Waals surface area (Å²) in [6.07, 6.45) is -10.6. The molecule has 0 aliphatic heterocycles. The highest BCUT2D eigenvalue weighted by Crippen LogP contribution is 2.39. The number of anilines is 2. The topological polar surface area (TPSA) is 174 Å². The van der Waals surface area contributed by atoms with E-state index in [0.29, 0.717) is 17.9 Å². The monoisotopic (exact) mass is 748 g/mol. The maximum absolute atomic E-state index is 13.8. The second-order valence-electron chi connectivity index (χ2n) is 9.92. The molecule has 50 heavy (non-hydrogen) atoms. The lowest BCUT2D eigenvalue weighted by molar-refractivity contribution is -0.138. The van der Waals surface area contributed by atoms with Gasteiger partial charge in [-0.3, -0.25) is 9.44 Å². The molecule has 0 spiro atoms. The van der Waals surface area contributed by atoms with Gasteiger partial charge in [0.05, 0.1) is 36.5 Å². The van der Waals surface area contributed by atoms with Gasteiger partial charge in [0.1, 0.15) is 21.3 Å². The third-order valence-electron chi connectivity index (χ3n) is 6.58. The molecule has 0 heterocycles. The zero-order valence-corrected chi connectivity index (χ0v) is 26.8. The first kappa shape index (κ1) is 37.3. The summed E-state index contributed by atoms with van der Waals surface area (Å²) in [4.78, 5) is 22.9. The summed E-state index contributed by atoms with van der Waals surface area (Å²) in [5.74, 6) is -5.40. The number of esters is 1.